The molecule has 0 radical (unpaired) electrons. The summed E-state index contributed by atoms with van der Waals surface area (Å²) in [6.07, 6.45) is 5.66. The van der Waals surface area contributed by atoms with Gasteiger partial charge in [0.2, 0.25) is 5.91 Å². The molecule has 0 fully saturated rings. The lowest BCUT2D eigenvalue weighted by Crippen LogP contribution is -2.22. The molecule has 1 amide bonds. The second kappa shape index (κ2) is 8.52. The van der Waals surface area contributed by atoms with Crippen molar-refractivity contribution in [2.75, 3.05) is 26.1 Å². The van der Waals surface area contributed by atoms with Crippen LogP contribution in [0, 0.1) is 12.3 Å². The van der Waals surface area contributed by atoms with Crippen LogP contribution < -0.4 is 19.5 Å². The first-order chi connectivity index (χ1) is 14.6. The number of nitrogens with one attached hydrogen (secondary N) is 1. The number of rotatable bonds is 6. The van der Waals surface area contributed by atoms with Crippen molar-refractivity contribution in [2.24, 2.45) is 0 Å². The first-order valence-electron chi connectivity index (χ1n) is 9.44. The van der Waals surface area contributed by atoms with Gasteiger partial charge in [-0.2, -0.15) is 0 Å². The van der Waals surface area contributed by atoms with Gasteiger partial charge in [0.05, 0.1) is 19.9 Å². The molecule has 1 aliphatic heterocycles. The van der Waals surface area contributed by atoms with Crippen LogP contribution in [0.25, 0.3) is 11.1 Å². The minimum atomic E-state index is -0.0543. The first kappa shape index (κ1) is 19.9. The molecule has 4 rings (SSSR count). The van der Waals surface area contributed by atoms with E-state index in [0.29, 0.717) is 17.9 Å². The Morgan fingerprint density at radius 2 is 1.93 bits per heavy atom. The largest absolute Gasteiger partial charge is 0.497 e. The summed E-state index contributed by atoms with van der Waals surface area (Å²) in [6.45, 7) is 0.168. The SMILES string of the molecule is C#CCOc1ccc(C2CC(=O)Nc3c(-c4ccc(OC)cc4)csc32)cc1OC. The van der Waals surface area contributed by atoms with Crippen LogP contribution in [0.2, 0.25) is 0 Å². The molecule has 0 bridgehead atoms. The zero-order chi connectivity index (χ0) is 21.1. The average molecular weight is 420 g/mol. The van der Waals surface area contributed by atoms with E-state index >= 15 is 0 Å². The van der Waals surface area contributed by atoms with Crippen LogP contribution in [-0.2, 0) is 4.79 Å². The third-order valence-electron chi connectivity index (χ3n) is 5.09. The maximum atomic E-state index is 12.5. The van der Waals surface area contributed by atoms with E-state index in [1.54, 1.807) is 25.6 Å². The number of fused-ring (bicyclic) bond motifs is 1. The molecule has 30 heavy (non-hydrogen) atoms. The lowest BCUT2D eigenvalue weighted by molar-refractivity contribution is -0.116. The van der Waals surface area contributed by atoms with Crippen molar-refractivity contribution in [1.29, 1.82) is 0 Å². The predicted molar refractivity (Wildman–Crippen MR) is 119 cm³/mol. The van der Waals surface area contributed by atoms with E-state index in [9.17, 15) is 4.79 Å². The molecule has 1 N–H and O–H groups in total. The third kappa shape index (κ3) is 3.72. The van der Waals surface area contributed by atoms with Crippen LogP contribution in [0.3, 0.4) is 0 Å². The molecule has 0 spiro atoms. The summed E-state index contributed by atoms with van der Waals surface area (Å²) in [5, 5.41) is 5.16. The summed E-state index contributed by atoms with van der Waals surface area (Å²) in [7, 11) is 3.23. The number of terminal acetylenes is 1. The summed E-state index contributed by atoms with van der Waals surface area (Å²) >= 11 is 1.65. The number of carbonyl (C=O) groups is 1. The average Bonchev–Trinajstić information content (AvgIpc) is 3.20. The number of anilines is 1. The molecule has 0 saturated carbocycles. The molecule has 1 aliphatic rings. The number of benzene rings is 2. The van der Waals surface area contributed by atoms with Gasteiger partial charge in [-0.25, -0.2) is 0 Å². The monoisotopic (exact) mass is 419 g/mol. The summed E-state index contributed by atoms with van der Waals surface area (Å²) in [6, 6.07) is 13.6. The number of thiophene rings is 1. The van der Waals surface area contributed by atoms with Crippen molar-refractivity contribution in [3.05, 3.63) is 58.3 Å². The van der Waals surface area contributed by atoms with Crippen LogP contribution in [0.4, 0.5) is 5.69 Å². The summed E-state index contributed by atoms with van der Waals surface area (Å²) in [5.74, 6) is 4.37. The van der Waals surface area contributed by atoms with E-state index in [2.05, 4.69) is 16.6 Å². The highest BCUT2D eigenvalue weighted by atomic mass is 32.1. The number of hydrogen-bond donors (Lipinski definition) is 1. The lowest BCUT2D eigenvalue weighted by Gasteiger charge is -2.24. The maximum absolute atomic E-state index is 12.5. The second-order valence-electron chi connectivity index (χ2n) is 6.83. The normalized spacial score (nSPS) is 15.0. The number of ether oxygens (including phenoxy) is 3. The van der Waals surface area contributed by atoms with Crippen molar-refractivity contribution in [1.82, 2.24) is 0 Å². The second-order valence-corrected chi connectivity index (χ2v) is 7.74. The number of methoxy groups -OCH3 is 2. The fraction of sp³-hybridized carbons (Fsp3) is 0.208. The zero-order valence-corrected chi connectivity index (χ0v) is 17.5. The fourth-order valence-electron chi connectivity index (χ4n) is 3.62. The molecule has 1 aromatic heterocycles. The van der Waals surface area contributed by atoms with E-state index in [0.717, 1.165) is 33.0 Å². The van der Waals surface area contributed by atoms with Gasteiger partial charge in [-0.1, -0.05) is 24.1 Å². The molecular weight excluding hydrogens is 398 g/mol. The van der Waals surface area contributed by atoms with Gasteiger partial charge in [0.15, 0.2) is 11.5 Å². The van der Waals surface area contributed by atoms with Crippen molar-refractivity contribution in [3.63, 3.8) is 0 Å². The topological polar surface area (TPSA) is 56.8 Å². The Hall–Kier alpha value is -3.43. The molecule has 5 nitrogen and oxygen atoms in total. The van der Waals surface area contributed by atoms with Gasteiger partial charge in [-0.05, 0) is 35.4 Å². The molecule has 6 heteroatoms. The minimum absolute atomic E-state index is 0.00714. The highest BCUT2D eigenvalue weighted by Crippen LogP contribution is 2.47. The molecule has 2 aromatic carbocycles. The van der Waals surface area contributed by atoms with E-state index in [4.69, 9.17) is 20.6 Å². The fourth-order valence-corrected chi connectivity index (χ4v) is 4.78. The number of amides is 1. The van der Waals surface area contributed by atoms with Gasteiger partial charge in [0.25, 0.3) is 0 Å². The van der Waals surface area contributed by atoms with Gasteiger partial charge in [-0.15, -0.1) is 17.8 Å². The van der Waals surface area contributed by atoms with Crippen LogP contribution >= 0.6 is 11.3 Å². The Bertz CT molecular complexity index is 1110. The smallest absolute Gasteiger partial charge is 0.225 e. The standard InChI is InChI=1S/C24H21NO4S/c1-4-11-29-20-10-7-16(12-21(20)28-3)18-13-22(26)25-23-19(14-30-24(18)23)15-5-8-17(27-2)9-6-15/h1,5-10,12,14,18H,11,13H2,2-3H3,(H,25,26). The molecule has 152 valence electrons. The van der Waals surface area contributed by atoms with E-state index in [1.165, 1.54) is 0 Å². The highest BCUT2D eigenvalue weighted by Gasteiger charge is 2.31. The summed E-state index contributed by atoms with van der Waals surface area (Å²) < 4.78 is 16.3. The Morgan fingerprint density at radius 1 is 1.13 bits per heavy atom. The predicted octanol–water partition coefficient (Wildman–Crippen LogP) is 4.92. The van der Waals surface area contributed by atoms with Gasteiger partial charge in [0, 0.05) is 28.2 Å². The molecule has 3 aromatic rings. The Balaban J connectivity index is 1.72. The van der Waals surface area contributed by atoms with Gasteiger partial charge >= 0.3 is 0 Å². The Morgan fingerprint density at radius 3 is 2.63 bits per heavy atom. The van der Waals surface area contributed by atoms with Crippen molar-refractivity contribution in [2.45, 2.75) is 12.3 Å². The number of hydrogen-bond acceptors (Lipinski definition) is 5. The van der Waals surface area contributed by atoms with Crippen molar-refractivity contribution in [3.8, 4) is 40.7 Å². The van der Waals surface area contributed by atoms with E-state index < -0.39 is 0 Å². The molecule has 1 atom stereocenters. The van der Waals surface area contributed by atoms with Gasteiger partial charge in [0.1, 0.15) is 12.4 Å². The highest BCUT2D eigenvalue weighted by molar-refractivity contribution is 7.11. The molecular formula is C24H21NO4S. The van der Waals surface area contributed by atoms with Crippen LogP contribution in [0.1, 0.15) is 22.8 Å². The Kier molecular flexibility index (Phi) is 5.64. The quantitative estimate of drug-likeness (QED) is 0.577. The maximum Gasteiger partial charge on any atom is 0.225 e. The first-order valence-corrected chi connectivity index (χ1v) is 10.3. The molecule has 2 heterocycles. The van der Waals surface area contributed by atoms with Crippen LogP contribution in [0.5, 0.6) is 17.2 Å². The van der Waals surface area contributed by atoms with Crippen molar-refractivity contribution >= 4 is 22.9 Å². The Labute approximate surface area is 179 Å². The molecule has 0 saturated heterocycles. The van der Waals surface area contributed by atoms with Crippen LogP contribution in [0.15, 0.2) is 47.8 Å². The minimum Gasteiger partial charge on any atom is -0.497 e. The third-order valence-corrected chi connectivity index (χ3v) is 6.19. The zero-order valence-electron chi connectivity index (χ0n) is 16.7. The molecule has 1 unspecified atom stereocenters. The summed E-state index contributed by atoms with van der Waals surface area (Å²) in [5.41, 5.74) is 3.92. The van der Waals surface area contributed by atoms with Crippen LogP contribution in [-0.4, -0.2) is 26.7 Å². The lowest BCUT2D eigenvalue weighted by atomic mass is 9.89. The van der Waals surface area contributed by atoms with E-state index in [-0.39, 0.29) is 18.4 Å². The summed E-state index contributed by atoms with van der Waals surface area (Å²) in [4.78, 5) is 13.7. The van der Waals surface area contributed by atoms with Crippen molar-refractivity contribution < 1.29 is 19.0 Å². The molecule has 0 aliphatic carbocycles. The van der Waals surface area contributed by atoms with Gasteiger partial charge < -0.3 is 19.5 Å². The van der Waals surface area contributed by atoms with Gasteiger partial charge in [-0.3, -0.25) is 4.79 Å². The number of carbonyl (C=O) groups excluding carboxylic acids is 1. The van der Waals surface area contributed by atoms with E-state index in [1.807, 2.05) is 42.5 Å².